The number of amides is 1. The van der Waals surface area contributed by atoms with Crippen LogP contribution in [-0.2, 0) is 28.2 Å². The van der Waals surface area contributed by atoms with E-state index >= 15 is 0 Å². The van der Waals surface area contributed by atoms with Crippen LogP contribution in [0.3, 0.4) is 0 Å². The molecule has 1 amide bonds. The summed E-state index contributed by atoms with van der Waals surface area (Å²) in [6.07, 6.45) is 1.02. The molecule has 0 spiro atoms. The van der Waals surface area contributed by atoms with Gasteiger partial charge >= 0.3 is 12.1 Å². The van der Waals surface area contributed by atoms with E-state index in [0.29, 0.717) is 11.1 Å². The minimum Gasteiger partial charge on any atom is -0.462 e. The molecular weight excluding hydrogens is 346 g/mol. The second-order valence-electron chi connectivity index (χ2n) is 6.52. The zero-order valence-corrected chi connectivity index (χ0v) is 15.2. The van der Waals surface area contributed by atoms with Crippen molar-refractivity contribution in [2.75, 3.05) is 6.61 Å². The molecule has 0 heterocycles. The fourth-order valence-electron chi connectivity index (χ4n) is 2.98. The number of ether oxygens (including phenoxy) is 2. The van der Waals surface area contributed by atoms with Crippen molar-refractivity contribution in [3.63, 3.8) is 0 Å². The molecular formula is C21H23NO5. The van der Waals surface area contributed by atoms with Crippen LogP contribution in [0.4, 0.5) is 4.79 Å². The van der Waals surface area contributed by atoms with Crippen LogP contribution < -0.4 is 5.32 Å². The Morgan fingerprint density at radius 1 is 1.11 bits per heavy atom. The van der Waals surface area contributed by atoms with Crippen molar-refractivity contribution >= 4 is 12.1 Å². The van der Waals surface area contributed by atoms with Crippen LogP contribution in [0.15, 0.2) is 48.5 Å². The summed E-state index contributed by atoms with van der Waals surface area (Å²) in [6.45, 7) is 1.92. The molecule has 27 heavy (non-hydrogen) atoms. The number of alkyl carbamates (subject to hydrolysis) is 1. The van der Waals surface area contributed by atoms with Gasteiger partial charge in [0.1, 0.15) is 6.61 Å². The molecule has 0 bridgehead atoms. The molecule has 0 atom stereocenters. The normalized spacial score (nSPS) is 14.3. The van der Waals surface area contributed by atoms with Crippen LogP contribution >= 0.6 is 0 Å². The summed E-state index contributed by atoms with van der Waals surface area (Å²) in [5.74, 6) is -0.481. The lowest BCUT2D eigenvalue weighted by Gasteiger charge is -2.19. The Morgan fingerprint density at radius 2 is 1.85 bits per heavy atom. The topological polar surface area (TPSA) is 84.9 Å². The predicted octanol–water partition coefficient (Wildman–Crippen LogP) is 3.27. The summed E-state index contributed by atoms with van der Waals surface area (Å²) in [5.41, 5.74) is 2.00. The number of nitrogens with one attached hydrogen (secondary N) is 1. The van der Waals surface area contributed by atoms with Crippen molar-refractivity contribution in [2.24, 2.45) is 0 Å². The minimum atomic E-state index is -0.539. The molecule has 3 rings (SSSR count). The number of carbonyl (C=O) groups excluding carboxylic acids is 2. The van der Waals surface area contributed by atoms with Gasteiger partial charge in [-0.15, -0.1) is 0 Å². The molecule has 142 valence electrons. The summed E-state index contributed by atoms with van der Waals surface area (Å²) in [6, 6.07) is 14.7. The Balaban J connectivity index is 1.70. The minimum absolute atomic E-state index is 0.195. The first-order chi connectivity index (χ1) is 13.1. The van der Waals surface area contributed by atoms with Gasteiger partial charge in [-0.2, -0.15) is 0 Å². The van der Waals surface area contributed by atoms with E-state index in [1.54, 1.807) is 19.1 Å². The number of hydrogen-bond acceptors (Lipinski definition) is 5. The van der Waals surface area contributed by atoms with Crippen molar-refractivity contribution in [3.8, 4) is 0 Å². The Bertz CT molecular complexity index is 815. The van der Waals surface area contributed by atoms with Crippen LogP contribution in [0, 0.1) is 0 Å². The average molecular weight is 369 g/mol. The molecule has 1 aliphatic carbocycles. The molecule has 0 saturated heterocycles. The van der Waals surface area contributed by atoms with E-state index in [1.807, 2.05) is 36.4 Å². The SMILES string of the molecule is CCOC(=O)c1cc(C2(NC(=O)OCc3ccccc3)CC2)ccc1CO. The standard InChI is InChI=1S/C21H23NO5/c1-2-26-19(24)18-12-17(9-8-16(18)13-23)21(10-11-21)22-20(25)27-14-15-6-4-3-5-7-15/h3-9,12,23H,2,10-11,13-14H2,1H3,(H,22,25). The fraction of sp³-hybridized carbons (Fsp3) is 0.333. The van der Waals surface area contributed by atoms with Gasteiger partial charge in [0.05, 0.1) is 24.3 Å². The van der Waals surface area contributed by atoms with Crippen LogP contribution in [0.1, 0.15) is 46.8 Å². The molecule has 0 unspecified atom stereocenters. The highest BCUT2D eigenvalue weighted by Crippen LogP contribution is 2.46. The van der Waals surface area contributed by atoms with Crippen molar-refractivity contribution < 1.29 is 24.2 Å². The monoisotopic (exact) mass is 369 g/mol. The molecule has 2 aromatic rings. The lowest BCUT2D eigenvalue weighted by atomic mass is 9.98. The molecule has 6 nitrogen and oxygen atoms in total. The molecule has 2 aromatic carbocycles. The molecule has 0 aromatic heterocycles. The molecule has 6 heteroatoms. The lowest BCUT2D eigenvalue weighted by Crippen LogP contribution is -2.35. The molecule has 0 aliphatic heterocycles. The fourth-order valence-corrected chi connectivity index (χ4v) is 2.98. The molecule has 0 radical (unpaired) electrons. The summed E-state index contributed by atoms with van der Waals surface area (Å²) in [4.78, 5) is 24.4. The zero-order valence-electron chi connectivity index (χ0n) is 15.2. The quantitative estimate of drug-likeness (QED) is 0.732. The Kier molecular flexibility index (Phi) is 5.76. The van der Waals surface area contributed by atoms with E-state index in [0.717, 1.165) is 24.0 Å². The maximum absolute atomic E-state index is 12.2. The molecule has 1 fully saturated rings. The number of carbonyl (C=O) groups is 2. The summed E-state index contributed by atoms with van der Waals surface area (Å²) < 4.78 is 10.4. The third kappa shape index (κ3) is 4.46. The highest BCUT2D eigenvalue weighted by molar-refractivity contribution is 5.91. The number of esters is 1. The number of benzene rings is 2. The van der Waals surface area contributed by atoms with Crippen LogP contribution in [0.25, 0.3) is 0 Å². The van der Waals surface area contributed by atoms with Crippen LogP contribution in [-0.4, -0.2) is 23.8 Å². The van der Waals surface area contributed by atoms with Gasteiger partial charge in [-0.25, -0.2) is 9.59 Å². The van der Waals surface area contributed by atoms with E-state index in [2.05, 4.69) is 5.32 Å². The van der Waals surface area contributed by atoms with E-state index in [1.165, 1.54) is 0 Å². The number of aliphatic hydroxyl groups excluding tert-OH is 1. The largest absolute Gasteiger partial charge is 0.462 e. The number of hydrogen-bond donors (Lipinski definition) is 2. The highest BCUT2D eigenvalue weighted by atomic mass is 16.5. The second-order valence-corrected chi connectivity index (χ2v) is 6.52. The van der Waals surface area contributed by atoms with Crippen LogP contribution in [0.2, 0.25) is 0 Å². The summed E-state index contributed by atoms with van der Waals surface area (Å²) in [7, 11) is 0. The van der Waals surface area contributed by atoms with Gasteiger partial charge in [-0.1, -0.05) is 42.5 Å². The first-order valence-electron chi connectivity index (χ1n) is 8.98. The Hall–Kier alpha value is -2.86. The van der Waals surface area contributed by atoms with Gasteiger partial charge in [0.25, 0.3) is 0 Å². The number of aliphatic hydroxyl groups is 1. The first-order valence-corrected chi connectivity index (χ1v) is 8.98. The zero-order chi connectivity index (χ0) is 19.3. The van der Waals surface area contributed by atoms with Crippen molar-refractivity contribution in [1.82, 2.24) is 5.32 Å². The maximum Gasteiger partial charge on any atom is 0.408 e. The van der Waals surface area contributed by atoms with E-state index in [-0.39, 0.29) is 19.8 Å². The predicted molar refractivity (Wildman–Crippen MR) is 99.0 cm³/mol. The van der Waals surface area contributed by atoms with Gasteiger partial charge in [0, 0.05) is 0 Å². The third-order valence-corrected chi connectivity index (χ3v) is 4.63. The van der Waals surface area contributed by atoms with Crippen molar-refractivity contribution in [2.45, 2.75) is 38.5 Å². The molecule has 1 saturated carbocycles. The maximum atomic E-state index is 12.2. The van der Waals surface area contributed by atoms with Crippen molar-refractivity contribution in [1.29, 1.82) is 0 Å². The second kappa shape index (κ2) is 8.22. The van der Waals surface area contributed by atoms with Crippen LogP contribution in [0.5, 0.6) is 0 Å². The third-order valence-electron chi connectivity index (χ3n) is 4.63. The van der Waals surface area contributed by atoms with Gasteiger partial charge < -0.3 is 19.9 Å². The number of rotatable bonds is 7. The van der Waals surface area contributed by atoms with Gasteiger partial charge in [-0.05, 0) is 42.5 Å². The van der Waals surface area contributed by atoms with Gasteiger partial charge in [-0.3, -0.25) is 0 Å². The van der Waals surface area contributed by atoms with Crippen molar-refractivity contribution in [3.05, 3.63) is 70.8 Å². The van der Waals surface area contributed by atoms with E-state index in [4.69, 9.17) is 9.47 Å². The summed E-state index contributed by atoms with van der Waals surface area (Å²) in [5, 5.41) is 12.4. The smallest absolute Gasteiger partial charge is 0.408 e. The van der Waals surface area contributed by atoms with Gasteiger partial charge in [0.15, 0.2) is 0 Å². The van der Waals surface area contributed by atoms with Gasteiger partial charge in [0.2, 0.25) is 0 Å². The van der Waals surface area contributed by atoms with E-state index < -0.39 is 17.6 Å². The molecule has 1 aliphatic rings. The highest BCUT2D eigenvalue weighted by Gasteiger charge is 2.46. The molecule has 2 N–H and O–H groups in total. The first kappa shape index (κ1) is 18.9. The lowest BCUT2D eigenvalue weighted by molar-refractivity contribution is 0.0522. The Labute approximate surface area is 158 Å². The average Bonchev–Trinajstić information content (AvgIpc) is 3.47. The summed E-state index contributed by atoms with van der Waals surface area (Å²) >= 11 is 0. The Morgan fingerprint density at radius 3 is 2.48 bits per heavy atom. The van der Waals surface area contributed by atoms with E-state index in [9.17, 15) is 14.7 Å².